The van der Waals surface area contributed by atoms with E-state index in [2.05, 4.69) is 16.8 Å². The van der Waals surface area contributed by atoms with Crippen molar-refractivity contribution in [1.29, 1.82) is 0 Å². The first kappa shape index (κ1) is 25.0. The molecule has 2 aromatic rings. The Morgan fingerprint density at radius 1 is 1.00 bits per heavy atom. The first-order valence-electron chi connectivity index (χ1n) is 12.3. The van der Waals surface area contributed by atoms with E-state index in [1.807, 2.05) is 12.1 Å². The highest BCUT2D eigenvalue weighted by Crippen LogP contribution is 2.36. The molecular formula is C27H36F2N2O3. The minimum Gasteiger partial charge on any atom is -0.490 e. The molecule has 7 heteroatoms. The predicted octanol–water partition coefficient (Wildman–Crippen LogP) is 4.75. The van der Waals surface area contributed by atoms with Gasteiger partial charge in [-0.25, -0.2) is 8.78 Å². The molecular weight excluding hydrogens is 438 g/mol. The zero-order chi connectivity index (χ0) is 23.8. The Hall–Kier alpha value is -2.06. The maximum Gasteiger partial charge on any atom is 0.195 e. The van der Waals surface area contributed by atoms with Crippen molar-refractivity contribution in [2.24, 2.45) is 0 Å². The second-order valence-corrected chi connectivity index (χ2v) is 9.30. The quantitative estimate of drug-likeness (QED) is 0.470. The molecule has 0 N–H and O–H groups in total. The SMILES string of the molecule is CN(CCCC1(c2ccc(F)cc2)OCCO1)CCN1CCC(Oc2ccc(CF)cc2)CC1. The average molecular weight is 475 g/mol. The number of likely N-dealkylation sites (N-methyl/N-ethyl adjacent to an activating group) is 1. The largest absolute Gasteiger partial charge is 0.490 e. The molecule has 2 fully saturated rings. The van der Waals surface area contributed by atoms with Gasteiger partial charge in [0.1, 0.15) is 24.3 Å². The lowest BCUT2D eigenvalue weighted by atomic mass is 10.0. The minimum absolute atomic E-state index is 0.222. The molecule has 0 radical (unpaired) electrons. The van der Waals surface area contributed by atoms with Gasteiger partial charge < -0.3 is 24.0 Å². The second kappa shape index (κ2) is 12.1. The Morgan fingerprint density at radius 3 is 2.32 bits per heavy atom. The zero-order valence-electron chi connectivity index (χ0n) is 20.1. The fourth-order valence-corrected chi connectivity index (χ4v) is 4.72. The lowest BCUT2D eigenvalue weighted by Gasteiger charge is -2.33. The Kier molecular flexibility index (Phi) is 8.89. The van der Waals surface area contributed by atoms with Gasteiger partial charge >= 0.3 is 0 Å². The summed E-state index contributed by atoms with van der Waals surface area (Å²) in [6.07, 6.45) is 3.91. The van der Waals surface area contributed by atoms with Crippen molar-refractivity contribution in [3.05, 3.63) is 65.5 Å². The molecule has 2 aromatic carbocycles. The molecule has 0 bridgehead atoms. The van der Waals surface area contributed by atoms with Crippen LogP contribution in [0.3, 0.4) is 0 Å². The number of alkyl halides is 1. The van der Waals surface area contributed by atoms with Crippen molar-refractivity contribution < 1.29 is 23.0 Å². The normalized spacial score (nSPS) is 19.1. The zero-order valence-corrected chi connectivity index (χ0v) is 20.1. The van der Waals surface area contributed by atoms with Crippen LogP contribution in [0.25, 0.3) is 0 Å². The van der Waals surface area contributed by atoms with Gasteiger partial charge in [-0.3, -0.25) is 0 Å². The number of nitrogens with zero attached hydrogens (tertiary/aromatic N) is 2. The van der Waals surface area contributed by atoms with Gasteiger partial charge in [0.25, 0.3) is 0 Å². The highest BCUT2D eigenvalue weighted by molar-refractivity contribution is 5.27. The van der Waals surface area contributed by atoms with Crippen LogP contribution in [0.2, 0.25) is 0 Å². The van der Waals surface area contributed by atoms with E-state index in [-0.39, 0.29) is 11.9 Å². The summed E-state index contributed by atoms with van der Waals surface area (Å²) in [7, 11) is 2.15. The third-order valence-corrected chi connectivity index (χ3v) is 6.80. The standard InChI is InChI=1S/C27H36F2N2O3/c1-30(14-2-13-27(32-19-20-33-27)23-5-7-24(29)8-6-23)17-18-31-15-11-26(12-16-31)34-25-9-3-22(21-28)4-10-25/h3-10,26H,2,11-21H2,1H3. The van der Waals surface area contributed by atoms with E-state index in [0.717, 1.165) is 69.7 Å². The summed E-state index contributed by atoms with van der Waals surface area (Å²) in [6, 6.07) is 13.7. The third-order valence-electron chi connectivity index (χ3n) is 6.80. The molecule has 0 atom stereocenters. The van der Waals surface area contributed by atoms with Gasteiger partial charge in [0, 0.05) is 38.2 Å². The Morgan fingerprint density at radius 2 is 1.68 bits per heavy atom. The van der Waals surface area contributed by atoms with Crippen LogP contribution in [0.15, 0.2) is 48.5 Å². The predicted molar refractivity (Wildman–Crippen MR) is 128 cm³/mol. The smallest absolute Gasteiger partial charge is 0.195 e. The maximum atomic E-state index is 13.3. The molecule has 0 unspecified atom stereocenters. The van der Waals surface area contributed by atoms with Crippen molar-refractivity contribution >= 4 is 0 Å². The van der Waals surface area contributed by atoms with Gasteiger partial charge in [0.05, 0.1) is 13.2 Å². The molecule has 0 saturated carbocycles. The van der Waals surface area contributed by atoms with Crippen molar-refractivity contribution in [1.82, 2.24) is 9.80 Å². The van der Waals surface area contributed by atoms with E-state index in [1.165, 1.54) is 12.1 Å². The van der Waals surface area contributed by atoms with Crippen LogP contribution in [0.1, 0.15) is 36.8 Å². The van der Waals surface area contributed by atoms with Crippen LogP contribution in [-0.4, -0.2) is 68.9 Å². The summed E-state index contributed by atoms with van der Waals surface area (Å²) >= 11 is 0. The van der Waals surface area contributed by atoms with E-state index in [1.54, 1.807) is 24.3 Å². The number of rotatable bonds is 11. The van der Waals surface area contributed by atoms with Crippen LogP contribution in [0.5, 0.6) is 5.75 Å². The maximum absolute atomic E-state index is 13.3. The summed E-state index contributed by atoms with van der Waals surface area (Å²) in [6.45, 7) is 5.72. The van der Waals surface area contributed by atoms with Gasteiger partial charge in [-0.1, -0.05) is 24.3 Å². The summed E-state index contributed by atoms with van der Waals surface area (Å²) in [5.41, 5.74) is 1.57. The van der Waals surface area contributed by atoms with Crippen molar-refractivity contribution in [3.63, 3.8) is 0 Å². The Labute approximate surface area is 201 Å². The molecule has 4 rings (SSSR count). The average Bonchev–Trinajstić information content (AvgIpc) is 3.34. The molecule has 2 aliphatic rings. The fourth-order valence-electron chi connectivity index (χ4n) is 4.72. The third kappa shape index (κ3) is 6.75. The van der Waals surface area contributed by atoms with E-state index in [4.69, 9.17) is 14.2 Å². The molecule has 2 saturated heterocycles. The van der Waals surface area contributed by atoms with Gasteiger partial charge in [-0.15, -0.1) is 0 Å². The highest BCUT2D eigenvalue weighted by atomic mass is 19.1. The molecule has 2 aliphatic heterocycles. The molecule has 186 valence electrons. The summed E-state index contributed by atoms with van der Waals surface area (Å²) in [5, 5.41) is 0. The number of ether oxygens (including phenoxy) is 3. The van der Waals surface area contributed by atoms with E-state index in [9.17, 15) is 8.78 Å². The van der Waals surface area contributed by atoms with Gasteiger partial charge in [0.15, 0.2) is 5.79 Å². The molecule has 2 heterocycles. The molecule has 0 amide bonds. The lowest BCUT2D eigenvalue weighted by Crippen LogP contribution is -2.41. The number of hydrogen-bond acceptors (Lipinski definition) is 5. The molecule has 34 heavy (non-hydrogen) atoms. The van der Waals surface area contributed by atoms with Gasteiger partial charge in [-0.2, -0.15) is 0 Å². The number of halogens is 2. The number of benzene rings is 2. The van der Waals surface area contributed by atoms with Crippen LogP contribution in [0.4, 0.5) is 8.78 Å². The van der Waals surface area contributed by atoms with Crippen molar-refractivity contribution in [3.8, 4) is 5.75 Å². The van der Waals surface area contributed by atoms with Crippen molar-refractivity contribution in [2.75, 3.05) is 53.0 Å². The fraction of sp³-hybridized carbons (Fsp3) is 0.556. The Balaban J connectivity index is 1.14. The first-order valence-corrected chi connectivity index (χ1v) is 12.3. The minimum atomic E-state index is -0.747. The molecule has 0 aliphatic carbocycles. The summed E-state index contributed by atoms with van der Waals surface area (Å²) < 4.78 is 44.0. The van der Waals surface area contributed by atoms with E-state index >= 15 is 0 Å². The Bertz CT molecular complexity index is 864. The monoisotopic (exact) mass is 474 g/mol. The van der Waals surface area contributed by atoms with Crippen LogP contribution >= 0.6 is 0 Å². The number of likely N-dealkylation sites (tertiary alicyclic amines) is 1. The number of piperidine rings is 1. The van der Waals surface area contributed by atoms with Gasteiger partial charge in [0.2, 0.25) is 0 Å². The van der Waals surface area contributed by atoms with Gasteiger partial charge in [-0.05, 0) is 62.7 Å². The molecule has 0 spiro atoms. The number of hydrogen-bond donors (Lipinski definition) is 0. The van der Waals surface area contributed by atoms with Crippen LogP contribution in [-0.2, 0) is 21.9 Å². The molecule has 0 aromatic heterocycles. The first-order chi connectivity index (χ1) is 16.6. The van der Waals surface area contributed by atoms with Crippen LogP contribution in [0, 0.1) is 5.82 Å². The van der Waals surface area contributed by atoms with E-state index in [0.29, 0.717) is 18.8 Å². The van der Waals surface area contributed by atoms with E-state index < -0.39 is 12.5 Å². The lowest BCUT2D eigenvalue weighted by molar-refractivity contribution is -0.172. The highest BCUT2D eigenvalue weighted by Gasteiger charge is 2.38. The van der Waals surface area contributed by atoms with Crippen molar-refractivity contribution in [2.45, 2.75) is 44.2 Å². The topological polar surface area (TPSA) is 34.2 Å². The molecule has 5 nitrogen and oxygen atoms in total. The second-order valence-electron chi connectivity index (χ2n) is 9.30. The van der Waals surface area contributed by atoms with Crippen LogP contribution < -0.4 is 4.74 Å². The summed E-state index contributed by atoms with van der Waals surface area (Å²) in [4.78, 5) is 4.84. The summed E-state index contributed by atoms with van der Waals surface area (Å²) in [5.74, 6) is -0.175.